The molecule has 104 valence electrons. The van der Waals surface area contributed by atoms with Gasteiger partial charge in [-0.05, 0) is 18.6 Å². The molecule has 1 unspecified atom stereocenters. The molecule has 0 saturated carbocycles. The Labute approximate surface area is 108 Å². The minimum Gasteiger partial charge on any atom is -0.404 e. The highest BCUT2D eigenvalue weighted by molar-refractivity contribution is 5.86. The van der Waals surface area contributed by atoms with Crippen molar-refractivity contribution in [3.8, 4) is 5.75 Å². The molecule has 1 aromatic rings. The molecule has 1 atom stereocenters. The van der Waals surface area contributed by atoms with Crippen molar-refractivity contribution in [1.82, 2.24) is 4.90 Å². The monoisotopic (exact) mass is 274 g/mol. The van der Waals surface area contributed by atoms with Crippen LogP contribution in [0.2, 0.25) is 0 Å². The molecular formula is C12H13F3N2O2. The minimum atomic E-state index is -4.76. The number of benzene rings is 1. The van der Waals surface area contributed by atoms with Crippen molar-refractivity contribution in [2.24, 2.45) is 0 Å². The van der Waals surface area contributed by atoms with Gasteiger partial charge in [0, 0.05) is 13.6 Å². The third kappa shape index (κ3) is 3.30. The van der Waals surface area contributed by atoms with Crippen LogP contribution in [0.4, 0.5) is 18.9 Å². The summed E-state index contributed by atoms with van der Waals surface area (Å²) in [5.41, 5.74) is 0.161. The molecule has 1 amide bonds. The van der Waals surface area contributed by atoms with E-state index in [1.165, 1.54) is 23.1 Å². The largest absolute Gasteiger partial charge is 0.573 e. The quantitative estimate of drug-likeness (QED) is 0.919. The second-order valence-corrected chi connectivity index (χ2v) is 4.29. The van der Waals surface area contributed by atoms with Crippen LogP contribution in [0.5, 0.6) is 5.75 Å². The number of para-hydroxylation sites is 2. The van der Waals surface area contributed by atoms with Crippen LogP contribution >= 0.6 is 0 Å². The van der Waals surface area contributed by atoms with E-state index in [0.29, 0.717) is 13.0 Å². The van der Waals surface area contributed by atoms with Gasteiger partial charge in [-0.1, -0.05) is 12.1 Å². The van der Waals surface area contributed by atoms with Gasteiger partial charge in [-0.15, -0.1) is 13.2 Å². The van der Waals surface area contributed by atoms with Crippen LogP contribution in [0.3, 0.4) is 0 Å². The van der Waals surface area contributed by atoms with E-state index in [4.69, 9.17) is 0 Å². The number of ether oxygens (including phenoxy) is 1. The topological polar surface area (TPSA) is 41.6 Å². The van der Waals surface area contributed by atoms with Crippen LogP contribution in [-0.2, 0) is 4.79 Å². The number of anilines is 1. The SMILES string of the molecule is CN1CCC(Nc2ccccc2OC(F)(F)F)C1=O. The molecule has 1 aliphatic rings. The second-order valence-electron chi connectivity index (χ2n) is 4.29. The molecule has 1 aromatic carbocycles. The second kappa shape index (κ2) is 4.99. The molecule has 1 heterocycles. The number of hydrogen-bond donors (Lipinski definition) is 1. The molecule has 0 aliphatic carbocycles. The van der Waals surface area contributed by atoms with Gasteiger partial charge in [0.15, 0.2) is 5.75 Å². The van der Waals surface area contributed by atoms with Crippen molar-refractivity contribution < 1.29 is 22.7 Å². The lowest BCUT2D eigenvalue weighted by Crippen LogP contribution is -2.31. The molecule has 7 heteroatoms. The summed E-state index contributed by atoms with van der Waals surface area (Å²) < 4.78 is 40.7. The number of halogens is 3. The van der Waals surface area contributed by atoms with Gasteiger partial charge in [0.05, 0.1) is 5.69 Å². The summed E-state index contributed by atoms with van der Waals surface area (Å²) in [5.74, 6) is -0.473. The Morgan fingerprint density at radius 1 is 1.37 bits per heavy atom. The Kier molecular flexibility index (Phi) is 3.55. The lowest BCUT2D eigenvalue weighted by Gasteiger charge is -2.17. The molecule has 1 fully saturated rings. The van der Waals surface area contributed by atoms with E-state index in [0.717, 1.165) is 0 Å². The number of hydrogen-bond acceptors (Lipinski definition) is 3. The molecule has 0 bridgehead atoms. The Bertz CT molecular complexity index is 476. The fraction of sp³-hybridized carbons (Fsp3) is 0.417. The first kappa shape index (κ1) is 13.5. The summed E-state index contributed by atoms with van der Waals surface area (Å²) in [5, 5.41) is 2.80. The molecule has 1 saturated heterocycles. The number of likely N-dealkylation sites (N-methyl/N-ethyl adjacent to an activating group) is 1. The zero-order valence-corrected chi connectivity index (χ0v) is 10.2. The number of rotatable bonds is 3. The molecule has 0 spiro atoms. The molecule has 0 radical (unpaired) electrons. The highest BCUT2D eigenvalue weighted by atomic mass is 19.4. The van der Waals surface area contributed by atoms with Gasteiger partial charge in [0.2, 0.25) is 5.91 Å². The van der Waals surface area contributed by atoms with Crippen molar-refractivity contribution in [2.75, 3.05) is 18.9 Å². The van der Waals surface area contributed by atoms with E-state index < -0.39 is 12.4 Å². The first-order valence-corrected chi connectivity index (χ1v) is 5.73. The average molecular weight is 274 g/mol. The highest BCUT2D eigenvalue weighted by Crippen LogP contribution is 2.31. The number of nitrogens with zero attached hydrogens (tertiary/aromatic N) is 1. The van der Waals surface area contributed by atoms with Gasteiger partial charge in [-0.3, -0.25) is 4.79 Å². The van der Waals surface area contributed by atoms with Crippen LogP contribution in [0.1, 0.15) is 6.42 Å². The summed E-state index contributed by atoms with van der Waals surface area (Å²) in [6.45, 7) is 0.582. The first-order chi connectivity index (χ1) is 8.87. The average Bonchev–Trinajstić information content (AvgIpc) is 2.62. The number of alkyl halides is 3. The third-order valence-electron chi connectivity index (χ3n) is 2.87. The van der Waals surface area contributed by atoms with Crippen LogP contribution in [0, 0.1) is 0 Å². The predicted molar refractivity (Wildman–Crippen MR) is 62.8 cm³/mol. The molecule has 2 rings (SSSR count). The van der Waals surface area contributed by atoms with E-state index in [2.05, 4.69) is 10.1 Å². The van der Waals surface area contributed by atoms with E-state index >= 15 is 0 Å². The lowest BCUT2D eigenvalue weighted by atomic mass is 10.2. The maximum Gasteiger partial charge on any atom is 0.573 e. The smallest absolute Gasteiger partial charge is 0.404 e. The summed E-state index contributed by atoms with van der Waals surface area (Å²) in [7, 11) is 1.65. The van der Waals surface area contributed by atoms with E-state index in [1.54, 1.807) is 13.1 Å². The lowest BCUT2D eigenvalue weighted by molar-refractivity contribution is -0.274. The van der Waals surface area contributed by atoms with Crippen molar-refractivity contribution in [1.29, 1.82) is 0 Å². The maximum atomic E-state index is 12.2. The summed E-state index contributed by atoms with van der Waals surface area (Å²) in [6.07, 6.45) is -4.20. The number of amides is 1. The van der Waals surface area contributed by atoms with Gasteiger partial charge >= 0.3 is 6.36 Å². The van der Waals surface area contributed by atoms with Gasteiger partial charge in [-0.25, -0.2) is 0 Å². The standard InChI is InChI=1S/C12H13F3N2O2/c1-17-7-6-9(11(17)18)16-8-4-2-3-5-10(8)19-12(13,14)15/h2-5,9,16H,6-7H2,1H3. The fourth-order valence-corrected chi connectivity index (χ4v) is 1.94. The van der Waals surface area contributed by atoms with Crippen LogP contribution < -0.4 is 10.1 Å². The Hall–Kier alpha value is -1.92. The Morgan fingerprint density at radius 3 is 2.63 bits per heavy atom. The van der Waals surface area contributed by atoms with Crippen molar-refractivity contribution in [3.63, 3.8) is 0 Å². The molecule has 0 aromatic heterocycles. The number of likely N-dealkylation sites (tertiary alicyclic amines) is 1. The number of nitrogens with one attached hydrogen (secondary N) is 1. The van der Waals surface area contributed by atoms with Crippen molar-refractivity contribution in [2.45, 2.75) is 18.8 Å². The molecule has 1 aliphatic heterocycles. The first-order valence-electron chi connectivity index (χ1n) is 5.73. The molecule has 1 N–H and O–H groups in total. The van der Waals surface area contributed by atoms with Gasteiger partial charge in [0.25, 0.3) is 0 Å². The van der Waals surface area contributed by atoms with Crippen molar-refractivity contribution >= 4 is 11.6 Å². The zero-order chi connectivity index (χ0) is 14.0. The van der Waals surface area contributed by atoms with Crippen LogP contribution in [0.25, 0.3) is 0 Å². The molecule has 4 nitrogen and oxygen atoms in total. The van der Waals surface area contributed by atoms with Crippen LogP contribution in [-0.4, -0.2) is 36.8 Å². The van der Waals surface area contributed by atoms with Gasteiger partial charge < -0.3 is 15.0 Å². The predicted octanol–water partition coefficient (Wildman–Crippen LogP) is 2.23. The van der Waals surface area contributed by atoms with Gasteiger partial charge in [0.1, 0.15) is 6.04 Å². The van der Waals surface area contributed by atoms with Crippen LogP contribution in [0.15, 0.2) is 24.3 Å². The van der Waals surface area contributed by atoms with Crippen molar-refractivity contribution in [3.05, 3.63) is 24.3 Å². The van der Waals surface area contributed by atoms with E-state index in [1.807, 2.05) is 0 Å². The summed E-state index contributed by atoms with van der Waals surface area (Å²) in [6, 6.07) is 5.16. The Morgan fingerprint density at radius 2 is 2.05 bits per heavy atom. The third-order valence-corrected chi connectivity index (χ3v) is 2.87. The molecular weight excluding hydrogens is 261 g/mol. The maximum absolute atomic E-state index is 12.2. The van der Waals surface area contributed by atoms with E-state index in [-0.39, 0.29) is 17.3 Å². The zero-order valence-electron chi connectivity index (χ0n) is 10.2. The fourth-order valence-electron chi connectivity index (χ4n) is 1.94. The molecule has 19 heavy (non-hydrogen) atoms. The summed E-state index contributed by atoms with van der Waals surface area (Å²) >= 11 is 0. The summed E-state index contributed by atoms with van der Waals surface area (Å²) in [4.78, 5) is 13.2. The Balaban J connectivity index is 2.14. The van der Waals surface area contributed by atoms with E-state index in [9.17, 15) is 18.0 Å². The van der Waals surface area contributed by atoms with Gasteiger partial charge in [-0.2, -0.15) is 0 Å². The number of carbonyl (C=O) groups is 1. The minimum absolute atomic E-state index is 0.137. The number of carbonyl (C=O) groups excluding carboxylic acids is 1. The normalized spacial score (nSPS) is 19.7. The highest BCUT2D eigenvalue weighted by Gasteiger charge is 2.33.